The molecule has 4 nitrogen and oxygen atoms in total. The highest BCUT2D eigenvalue weighted by atomic mass is 32.1. The van der Waals surface area contributed by atoms with E-state index in [0.29, 0.717) is 5.69 Å². The molecule has 0 spiro atoms. The first-order valence-corrected chi connectivity index (χ1v) is 6.28. The topological polar surface area (TPSA) is 51.6 Å². The Labute approximate surface area is 110 Å². The minimum atomic E-state index is 0.228. The minimum Gasteiger partial charge on any atom is -0.498 e. The molecule has 1 N–H and O–H groups in total. The van der Waals surface area contributed by atoms with Crippen molar-refractivity contribution in [1.82, 2.24) is 4.98 Å². The summed E-state index contributed by atoms with van der Waals surface area (Å²) < 4.78 is 10.7. The van der Waals surface area contributed by atoms with Gasteiger partial charge in [-0.25, -0.2) is 4.98 Å². The Hall–Kier alpha value is -1.75. The lowest BCUT2D eigenvalue weighted by Gasteiger charge is -2.11. The molecule has 2 rings (SSSR count). The molecule has 2 aromatic rings. The van der Waals surface area contributed by atoms with E-state index in [1.807, 2.05) is 19.1 Å². The second-order valence-electron chi connectivity index (χ2n) is 3.93. The molecule has 96 valence electrons. The van der Waals surface area contributed by atoms with Crippen molar-refractivity contribution in [1.29, 1.82) is 0 Å². The first-order valence-electron chi connectivity index (χ1n) is 5.46. The van der Waals surface area contributed by atoms with Crippen molar-refractivity contribution in [2.45, 2.75) is 13.8 Å². The Bertz CT molecular complexity index is 558. The van der Waals surface area contributed by atoms with Crippen LogP contribution in [0.25, 0.3) is 10.6 Å². The van der Waals surface area contributed by atoms with Crippen LogP contribution >= 0.6 is 11.3 Å². The van der Waals surface area contributed by atoms with Gasteiger partial charge in [0.15, 0.2) is 5.06 Å². The van der Waals surface area contributed by atoms with Crippen LogP contribution in [0.1, 0.15) is 11.3 Å². The van der Waals surface area contributed by atoms with Gasteiger partial charge in [0.25, 0.3) is 0 Å². The number of aromatic hydroxyl groups is 1. The van der Waals surface area contributed by atoms with Gasteiger partial charge in [-0.1, -0.05) is 11.3 Å². The maximum atomic E-state index is 9.63. The van der Waals surface area contributed by atoms with Crippen molar-refractivity contribution in [2.75, 3.05) is 14.2 Å². The summed E-state index contributed by atoms with van der Waals surface area (Å²) in [7, 11) is 3.24. The van der Waals surface area contributed by atoms with Gasteiger partial charge in [0.05, 0.1) is 25.5 Å². The summed E-state index contributed by atoms with van der Waals surface area (Å²) in [6.07, 6.45) is 0. The van der Waals surface area contributed by atoms with Crippen LogP contribution in [0.4, 0.5) is 0 Å². The number of rotatable bonds is 3. The molecule has 0 saturated carbocycles. The molecule has 0 radical (unpaired) electrons. The van der Waals surface area contributed by atoms with Gasteiger partial charge in [-0.2, -0.15) is 0 Å². The molecule has 0 aliphatic heterocycles. The maximum absolute atomic E-state index is 9.63. The molecule has 0 saturated heterocycles. The van der Waals surface area contributed by atoms with Gasteiger partial charge in [0, 0.05) is 0 Å². The quantitative estimate of drug-likeness (QED) is 0.926. The van der Waals surface area contributed by atoms with Crippen molar-refractivity contribution < 1.29 is 14.6 Å². The van der Waals surface area contributed by atoms with E-state index >= 15 is 0 Å². The summed E-state index contributed by atoms with van der Waals surface area (Å²) in [5.41, 5.74) is 2.44. The molecule has 0 amide bonds. The van der Waals surface area contributed by atoms with E-state index in [0.717, 1.165) is 27.6 Å². The van der Waals surface area contributed by atoms with Crippen LogP contribution < -0.4 is 9.47 Å². The average molecular weight is 265 g/mol. The van der Waals surface area contributed by atoms with Gasteiger partial charge in [0.2, 0.25) is 0 Å². The van der Waals surface area contributed by atoms with E-state index in [1.54, 1.807) is 21.1 Å². The fourth-order valence-corrected chi connectivity index (χ4v) is 2.55. The monoisotopic (exact) mass is 265 g/mol. The van der Waals surface area contributed by atoms with Crippen molar-refractivity contribution in [3.63, 3.8) is 0 Å². The van der Waals surface area contributed by atoms with Crippen LogP contribution in [0, 0.1) is 13.8 Å². The molecule has 0 atom stereocenters. The molecular formula is C13H15NO3S. The molecule has 0 unspecified atom stereocenters. The van der Waals surface area contributed by atoms with E-state index in [4.69, 9.17) is 9.47 Å². The van der Waals surface area contributed by atoms with Crippen LogP contribution in [-0.4, -0.2) is 24.3 Å². The second kappa shape index (κ2) is 4.86. The molecule has 0 aliphatic rings. The third kappa shape index (κ3) is 2.13. The average Bonchev–Trinajstić information content (AvgIpc) is 2.69. The van der Waals surface area contributed by atoms with Gasteiger partial charge in [0.1, 0.15) is 16.5 Å². The first kappa shape index (κ1) is 12.7. The lowest BCUT2D eigenvalue weighted by molar-refractivity contribution is 0.402. The Morgan fingerprint density at radius 1 is 1.11 bits per heavy atom. The normalized spacial score (nSPS) is 10.4. The third-order valence-electron chi connectivity index (χ3n) is 2.72. The summed E-state index contributed by atoms with van der Waals surface area (Å²) in [5.74, 6) is 1.50. The van der Waals surface area contributed by atoms with Crippen LogP contribution in [0.3, 0.4) is 0 Å². The van der Waals surface area contributed by atoms with Crippen LogP contribution in [0.15, 0.2) is 12.1 Å². The van der Waals surface area contributed by atoms with Crippen molar-refractivity contribution in [2.24, 2.45) is 0 Å². The smallest absolute Gasteiger partial charge is 0.195 e. The van der Waals surface area contributed by atoms with E-state index < -0.39 is 0 Å². The largest absolute Gasteiger partial charge is 0.498 e. The van der Waals surface area contributed by atoms with Crippen molar-refractivity contribution in [3.8, 4) is 27.1 Å². The molecule has 1 aromatic carbocycles. The molecule has 5 heteroatoms. The van der Waals surface area contributed by atoms with Gasteiger partial charge in [-0.15, -0.1) is 0 Å². The molecular weight excluding hydrogens is 250 g/mol. The molecule has 0 bridgehead atoms. The number of benzene rings is 1. The number of hydrogen-bond acceptors (Lipinski definition) is 5. The van der Waals surface area contributed by atoms with E-state index in [1.165, 1.54) is 11.3 Å². The highest BCUT2D eigenvalue weighted by Gasteiger charge is 2.15. The Kier molecular flexibility index (Phi) is 3.43. The van der Waals surface area contributed by atoms with Crippen molar-refractivity contribution >= 4 is 11.3 Å². The second-order valence-corrected chi connectivity index (χ2v) is 4.91. The summed E-state index contributed by atoms with van der Waals surface area (Å²) in [5, 5.41) is 10.6. The van der Waals surface area contributed by atoms with Gasteiger partial charge < -0.3 is 14.6 Å². The predicted octanol–water partition coefficient (Wildman–Crippen LogP) is 3.15. The predicted molar refractivity (Wildman–Crippen MR) is 71.8 cm³/mol. The number of aryl methyl sites for hydroxylation is 2. The van der Waals surface area contributed by atoms with Crippen LogP contribution in [-0.2, 0) is 0 Å². The first-order chi connectivity index (χ1) is 8.56. The number of hydrogen-bond donors (Lipinski definition) is 1. The standard InChI is InChI=1S/C13H15NO3S/c1-7-5-11(17-4)9(6-10(7)16-3)12-14-8(2)13(15)18-12/h5-6,15H,1-4H3. The summed E-state index contributed by atoms with van der Waals surface area (Å²) in [6.45, 7) is 3.73. The number of thiazole rings is 1. The fraction of sp³-hybridized carbons (Fsp3) is 0.308. The lowest BCUT2D eigenvalue weighted by Crippen LogP contribution is -1.93. The van der Waals surface area contributed by atoms with E-state index in [2.05, 4.69) is 4.98 Å². The number of methoxy groups -OCH3 is 2. The summed E-state index contributed by atoms with van der Waals surface area (Å²) in [6, 6.07) is 3.79. The Morgan fingerprint density at radius 3 is 2.28 bits per heavy atom. The molecule has 1 heterocycles. The van der Waals surface area contributed by atoms with Crippen LogP contribution in [0.5, 0.6) is 16.6 Å². The zero-order chi connectivity index (χ0) is 13.3. The molecule has 1 aromatic heterocycles. The van der Waals surface area contributed by atoms with Crippen LogP contribution in [0.2, 0.25) is 0 Å². The van der Waals surface area contributed by atoms with E-state index in [-0.39, 0.29) is 5.06 Å². The minimum absolute atomic E-state index is 0.228. The third-order valence-corrected chi connectivity index (χ3v) is 3.71. The fourth-order valence-electron chi connectivity index (χ4n) is 1.72. The van der Waals surface area contributed by atoms with Gasteiger partial charge in [-0.05, 0) is 31.5 Å². The summed E-state index contributed by atoms with van der Waals surface area (Å²) in [4.78, 5) is 4.33. The van der Waals surface area contributed by atoms with E-state index in [9.17, 15) is 5.11 Å². The number of aromatic nitrogens is 1. The highest BCUT2D eigenvalue weighted by molar-refractivity contribution is 7.16. The molecule has 18 heavy (non-hydrogen) atoms. The van der Waals surface area contributed by atoms with Gasteiger partial charge in [-0.3, -0.25) is 0 Å². The SMILES string of the molecule is COc1cc(-c2nc(C)c(O)s2)c(OC)cc1C. The maximum Gasteiger partial charge on any atom is 0.195 e. The zero-order valence-electron chi connectivity index (χ0n) is 10.8. The zero-order valence-corrected chi connectivity index (χ0v) is 11.6. The number of nitrogens with zero attached hydrogens (tertiary/aromatic N) is 1. The molecule has 0 fully saturated rings. The summed E-state index contributed by atoms with van der Waals surface area (Å²) >= 11 is 1.23. The molecule has 0 aliphatic carbocycles. The number of ether oxygens (including phenoxy) is 2. The van der Waals surface area contributed by atoms with Gasteiger partial charge >= 0.3 is 0 Å². The van der Waals surface area contributed by atoms with Crippen molar-refractivity contribution in [3.05, 3.63) is 23.4 Å². The Balaban J connectivity index is 2.61. The Morgan fingerprint density at radius 2 is 1.78 bits per heavy atom. The highest BCUT2D eigenvalue weighted by Crippen LogP contribution is 2.40. The lowest BCUT2D eigenvalue weighted by atomic mass is 10.1.